The van der Waals surface area contributed by atoms with Gasteiger partial charge in [0, 0.05) is 19.3 Å². The van der Waals surface area contributed by atoms with Crippen LogP contribution in [-0.2, 0) is 28.6 Å². The summed E-state index contributed by atoms with van der Waals surface area (Å²) >= 11 is 0. The standard InChI is InChI=1S/C60H98O6/c1-4-7-10-13-16-19-22-25-27-29-31-32-35-38-41-44-47-50-53-59(62)65-56-57(55-64-58(61)52-49-46-43-40-37-34-24-21-18-15-12-9-6-3)66-60(63)54-51-48-45-42-39-36-33-30-28-26-23-20-17-14-11-8-5-2/h8,11-12,15,17,19-22,24,26-29,33,36,42,45,57H,4-7,9-10,13-14,16,18,23,25,30-32,34-35,37-41,43-44,46-56H2,1-3H3/b11-8-,15-12-,20-17-,22-19-,24-21-,28-26-,29-27-,36-33-,45-42-. The molecule has 0 aromatic carbocycles. The first-order valence-corrected chi connectivity index (χ1v) is 26.9. The molecule has 6 heteroatoms. The molecule has 0 rings (SSSR count). The molecule has 374 valence electrons. The number of unbranched alkanes of at least 4 members (excludes halogenated alkanes) is 18. The van der Waals surface area contributed by atoms with Gasteiger partial charge in [-0.25, -0.2) is 0 Å². The molecule has 0 aliphatic carbocycles. The van der Waals surface area contributed by atoms with Gasteiger partial charge in [0.05, 0.1) is 0 Å². The van der Waals surface area contributed by atoms with Gasteiger partial charge in [-0.3, -0.25) is 14.4 Å². The van der Waals surface area contributed by atoms with E-state index in [2.05, 4.69) is 130 Å². The van der Waals surface area contributed by atoms with E-state index in [-0.39, 0.29) is 37.5 Å². The molecule has 0 aromatic rings. The average molecular weight is 915 g/mol. The van der Waals surface area contributed by atoms with E-state index in [9.17, 15) is 14.4 Å². The Morgan fingerprint density at radius 1 is 0.318 bits per heavy atom. The van der Waals surface area contributed by atoms with E-state index < -0.39 is 6.10 Å². The Kier molecular flexibility index (Phi) is 50.5. The third-order valence-electron chi connectivity index (χ3n) is 11.0. The molecule has 0 aliphatic heterocycles. The number of ether oxygens (including phenoxy) is 3. The molecule has 0 saturated heterocycles. The topological polar surface area (TPSA) is 78.9 Å². The lowest BCUT2D eigenvalue weighted by Gasteiger charge is -2.18. The van der Waals surface area contributed by atoms with Crippen LogP contribution in [0, 0.1) is 0 Å². The number of carbonyl (C=O) groups is 3. The lowest BCUT2D eigenvalue weighted by molar-refractivity contribution is -0.167. The van der Waals surface area contributed by atoms with E-state index in [4.69, 9.17) is 14.2 Å². The van der Waals surface area contributed by atoms with E-state index >= 15 is 0 Å². The van der Waals surface area contributed by atoms with Gasteiger partial charge in [-0.15, -0.1) is 0 Å². The predicted octanol–water partition coefficient (Wildman–Crippen LogP) is 17.9. The zero-order chi connectivity index (χ0) is 47.9. The Morgan fingerprint density at radius 3 is 1.03 bits per heavy atom. The van der Waals surface area contributed by atoms with Crippen molar-refractivity contribution in [2.24, 2.45) is 0 Å². The summed E-state index contributed by atoms with van der Waals surface area (Å²) in [6, 6.07) is 0. The number of hydrogen-bond donors (Lipinski definition) is 0. The molecule has 0 spiro atoms. The maximum atomic E-state index is 12.8. The van der Waals surface area contributed by atoms with E-state index in [0.717, 1.165) is 122 Å². The lowest BCUT2D eigenvalue weighted by atomic mass is 10.1. The highest BCUT2D eigenvalue weighted by Gasteiger charge is 2.19. The van der Waals surface area contributed by atoms with Crippen LogP contribution in [0.15, 0.2) is 109 Å². The molecule has 0 saturated carbocycles. The van der Waals surface area contributed by atoms with Gasteiger partial charge in [-0.05, 0) is 116 Å². The highest BCUT2D eigenvalue weighted by atomic mass is 16.6. The van der Waals surface area contributed by atoms with Gasteiger partial charge in [0.15, 0.2) is 6.10 Å². The Balaban J connectivity index is 4.51. The smallest absolute Gasteiger partial charge is 0.306 e. The van der Waals surface area contributed by atoms with Gasteiger partial charge in [-0.2, -0.15) is 0 Å². The third-order valence-corrected chi connectivity index (χ3v) is 11.0. The van der Waals surface area contributed by atoms with Crippen molar-refractivity contribution in [3.63, 3.8) is 0 Å². The summed E-state index contributed by atoms with van der Waals surface area (Å²) in [6.45, 7) is 6.37. The third kappa shape index (κ3) is 51.1. The van der Waals surface area contributed by atoms with E-state index in [1.165, 1.54) is 64.2 Å². The molecule has 0 N–H and O–H groups in total. The van der Waals surface area contributed by atoms with Crippen molar-refractivity contribution in [3.8, 4) is 0 Å². The zero-order valence-electron chi connectivity index (χ0n) is 42.7. The van der Waals surface area contributed by atoms with E-state index in [1.807, 2.05) is 0 Å². The minimum Gasteiger partial charge on any atom is -0.462 e. The number of hydrogen-bond acceptors (Lipinski definition) is 6. The molecule has 0 heterocycles. The van der Waals surface area contributed by atoms with Crippen molar-refractivity contribution >= 4 is 17.9 Å². The molecule has 0 fully saturated rings. The second kappa shape index (κ2) is 53.7. The van der Waals surface area contributed by atoms with Crippen molar-refractivity contribution in [2.45, 2.75) is 239 Å². The Hall–Kier alpha value is -3.93. The van der Waals surface area contributed by atoms with Crippen LogP contribution in [0.4, 0.5) is 0 Å². The minimum absolute atomic E-state index is 0.111. The molecule has 0 bridgehead atoms. The fourth-order valence-electron chi connectivity index (χ4n) is 6.96. The minimum atomic E-state index is -0.819. The zero-order valence-corrected chi connectivity index (χ0v) is 42.7. The van der Waals surface area contributed by atoms with Crippen molar-refractivity contribution in [1.82, 2.24) is 0 Å². The van der Waals surface area contributed by atoms with Crippen LogP contribution >= 0.6 is 0 Å². The Labute approximate surface area is 406 Å². The number of esters is 3. The molecule has 0 aliphatic rings. The SMILES string of the molecule is CC/C=C\C/C=C\C/C=C\C/C=C\C/C=C\CCCC(=O)OC(COC(=O)CCCCCCC/C=C\C/C=C\CCC)COC(=O)CCCCCCCCC/C=C\C/C=C\CCCCCC. The Bertz CT molecular complexity index is 1370. The first-order valence-electron chi connectivity index (χ1n) is 26.9. The van der Waals surface area contributed by atoms with Gasteiger partial charge < -0.3 is 14.2 Å². The summed E-state index contributed by atoms with van der Waals surface area (Å²) in [6.07, 6.45) is 72.2. The summed E-state index contributed by atoms with van der Waals surface area (Å²) in [5.41, 5.74) is 0. The monoisotopic (exact) mass is 915 g/mol. The number of carbonyl (C=O) groups excluding carboxylic acids is 3. The van der Waals surface area contributed by atoms with Crippen LogP contribution in [0.1, 0.15) is 233 Å². The Morgan fingerprint density at radius 2 is 0.636 bits per heavy atom. The fraction of sp³-hybridized carbons (Fsp3) is 0.650. The number of allylic oxidation sites excluding steroid dienone is 18. The van der Waals surface area contributed by atoms with Gasteiger partial charge in [0.25, 0.3) is 0 Å². The number of rotatable bonds is 47. The molecule has 1 unspecified atom stereocenters. The van der Waals surface area contributed by atoms with Crippen LogP contribution in [-0.4, -0.2) is 37.2 Å². The van der Waals surface area contributed by atoms with Crippen LogP contribution in [0.3, 0.4) is 0 Å². The fourth-order valence-corrected chi connectivity index (χ4v) is 6.96. The summed E-state index contributed by atoms with van der Waals surface area (Å²) in [4.78, 5) is 38.0. The van der Waals surface area contributed by atoms with Crippen LogP contribution in [0.5, 0.6) is 0 Å². The van der Waals surface area contributed by atoms with Gasteiger partial charge in [-0.1, -0.05) is 207 Å². The average Bonchev–Trinajstić information content (AvgIpc) is 3.31. The molecule has 0 amide bonds. The van der Waals surface area contributed by atoms with Crippen LogP contribution < -0.4 is 0 Å². The predicted molar refractivity (Wildman–Crippen MR) is 283 cm³/mol. The summed E-state index contributed by atoms with van der Waals surface area (Å²) < 4.78 is 16.8. The van der Waals surface area contributed by atoms with Crippen molar-refractivity contribution < 1.29 is 28.6 Å². The van der Waals surface area contributed by atoms with E-state index in [0.29, 0.717) is 19.3 Å². The lowest BCUT2D eigenvalue weighted by Crippen LogP contribution is -2.30. The summed E-state index contributed by atoms with van der Waals surface area (Å²) in [7, 11) is 0. The quantitative estimate of drug-likeness (QED) is 0.0262. The molecule has 1 atom stereocenters. The molecule has 66 heavy (non-hydrogen) atoms. The summed E-state index contributed by atoms with van der Waals surface area (Å²) in [5.74, 6) is -0.996. The molecule has 6 nitrogen and oxygen atoms in total. The summed E-state index contributed by atoms with van der Waals surface area (Å²) in [5, 5.41) is 0. The van der Waals surface area contributed by atoms with E-state index in [1.54, 1.807) is 0 Å². The van der Waals surface area contributed by atoms with Crippen molar-refractivity contribution in [2.75, 3.05) is 13.2 Å². The van der Waals surface area contributed by atoms with Crippen molar-refractivity contribution in [3.05, 3.63) is 109 Å². The van der Waals surface area contributed by atoms with Gasteiger partial charge >= 0.3 is 17.9 Å². The molecular weight excluding hydrogens is 817 g/mol. The highest BCUT2D eigenvalue weighted by molar-refractivity contribution is 5.71. The largest absolute Gasteiger partial charge is 0.462 e. The maximum absolute atomic E-state index is 12.8. The molecular formula is C60H98O6. The van der Waals surface area contributed by atoms with Gasteiger partial charge in [0.2, 0.25) is 0 Å². The second-order valence-electron chi connectivity index (χ2n) is 17.4. The first kappa shape index (κ1) is 62.1. The maximum Gasteiger partial charge on any atom is 0.306 e. The van der Waals surface area contributed by atoms with Crippen LogP contribution in [0.2, 0.25) is 0 Å². The van der Waals surface area contributed by atoms with Crippen LogP contribution in [0.25, 0.3) is 0 Å². The second-order valence-corrected chi connectivity index (χ2v) is 17.4. The van der Waals surface area contributed by atoms with Gasteiger partial charge in [0.1, 0.15) is 13.2 Å². The molecule has 0 radical (unpaired) electrons. The highest BCUT2D eigenvalue weighted by Crippen LogP contribution is 2.13. The van der Waals surface area contributed by atoms with Crippen molar-refractivity contribution in [1.29, 1.82) is 0 Å². The first-order chi connectivity index (χ1) is 32.5. The normalized spacial score (nSPS) is 13.0. The molecule has 0 aromatic heterocycles.